The third-order valence-electron chi connectivity index (χ3n) is 13.0. The lowest BCUT2D eigenvalue weighted by Crippen LogP contribution is -2.16. The second kappa shape index (κ2) is 12.0. The third kappa shape index (κ3) is 4.69. The molecule has 0 fully saturated rings. The average molecular weight is 726 g/mol. The molecule has 2 aliphatic carbocycles. The highest BCUT2D eigenvalue weighted by atomic mass is 15.0. The fraction of sp³-hybridized carbons (Fsp3) is 0.0714. The van der Waals surface area contributed by atoms with Crippen molar-refractivity contribution in [1.82, 2.24) is 4.57 Å². The van der Waals surface area contributed by atoms with Gasteiger partial charge in [-0.3, -0.25) is 0 Å². The number of para-hydroxylation sites is 1. The molecule has 0 amide bonds. The number of fused-ring (bicyclic) bond motifs is 11. The van der Waals surface area contributed by atoms with Gasteiger partial charge in [-0.1, -0.05) is 172 Å². The van der Waals surface area contributed by atoms with E-state index < -0.39 is 0 Å². The summed E-state index contributed by atoms with van der Waals surface area (Å²) in [5, 5.41) is 5.04. The van der Waals surface area contributed by atoms with Gasteiger partial charge in [0.1, 0.15) is 0 Å². The molecule has 0 bridgehead atoms. The van der Waals surface area contributed by atoms with Gasteiger partial charge in [-0.25, -0.2) is 0 Å². The molecule has 0 saturated carbocycles. The molecule has 0 aliphatic heterocycles. The van der Waals surface area contributed by atoms with Gasteiger partial charge in [-0.2, -0.15) is 0 Å². The van der Waals surface area contributed by atoms with Crippen LogP contribution >= 0.6 is 0 Å². The SMILES string of the molecule is CC1(C)c2ccccc2-c2ccc3c(c21)-c1cc(-c2ccc4c(c2)c2ccccc2n4-c2ccc4ccccc4c2)ccc1C3c1cccc(-c2ccccc2)c1. The molecule has 9 aromatic carbocycles. The Morgan fingerprint density at radius 2 is 1.12 bits per heavy atom. The third-order valence-corrected chi connectivity index (χ3v) is 13.0. The number of aromatic nitrogens is 1. The zero-order valence-electron chi connectivity index (χ0n) is 32.0. The zero-order chi connectivity index (χ0) is 37.8. The Balaban J connectivity index is 1.06. The van der Waals surface area contributed by atoms with E-state index in [2.05, 4.69) is 213 Å². The molecule has 268 valence electrons. The van der Waals surface area contributed by atoms with Crippen LogP contribution in [0.4, 0.5) is 0 Å². The molecule has 12 rings (SSSR count). The fourth-order valence-electron chi connectivity index (χ4n) is 10.4. The van der Waals surface area contributed by atoms with Crippen molar-refractivity contribution in [3.8, 4) is 50.2 Å². The summed E-state index contributed by atoms with van der Waals surface area (Å²) in [6.07, 6.45) is 0. The minimum absolute atomic E-state index is 0.130. The highest BCUT2D eigenvalue weighted by Crippen LogP contribution is 2.59. The van der Waals surface area contributed by atoms with Crippen LogP contribution in [-0.4, -0.2) is 4.57 Å². The van der Waals surface area contributed by atoms with Gasteiger partial charge in [0.25, 0.3) is 0 Å². The van der Waals surface area contributed by atoms with Crippen molar-refractivity contribution in [2.75, 3.05) is 0 Å². The summed E-state index contributed by atoms with van der Waals surface area (Å²) < 4.78 is 2.43. The van der Waals surface area contributed by atoms with Crippen molar-refractivity contribution in [2.45, 2.75) is 25.2 Å². The molecular formula is C56H39N. The van der Waals surface area contributed by atoms with Crippen molar-refractivity contribution in [3.05, 3.63) is 222 Å². The van der Waals surface area contributed by atoms with Crippen LogP contribution < -0.4 is 0 Å². The Bertz CT molecular complexity index is 3270. The highest BCUT2D eigenvalue weighted by Gasteiger charge is 2.42. The molecule has 57 heavy (non-hydrogen) atoms. The Hall–Kier alpha value is -6.96. The predicted molar refractivity (Wildman–Crippen MR) is 240 cm³/mol. The maximum Gasteiger partial charge on any atom is 0.0541 e. The predicted octanol–water partition coefficient (Wildman–Crippen LogP) is 14.7. The van der Waals surface area contributed by atoms with E-state index in [0.717, 1.165) is 0 Å². The van der Waals surface area contributed by atoms with E-state index in [-0.39, 0.29) is 11.3 Å². The first kappa shape index (κ1) is 32.3. The molecule has 1 atom stereocenters. The second-order valence-electron chi connectivity index (χ2n) is 16.5. The normalized spacial score (nSPS) is 14.8. The monoisotopic (exact) mass is 725 g/mol. The van der Waals surface area contributed by atoms with E-state index >= 15 is 0 Å². The van der Waals surface area contributed by atoms with Gasteiger partial charge in [0.15, 0.2) is 0 Å². The van der Waals surface area contributed by atoms with Crippen molar-refractivity contribution in [3.63, 3.8) is 0 Å². The molecule has 1 heteroatoms. The number of benzene rings is 9. The van der Waals surface area contributed by atoms with Crippen LogP contribution in [0.2, 0.25) is 0 Å². The summed E-state index contributed by atoms with van der Waals surface area (Å²) in [5.41, 5.74) is 21.0. The van der Waals surface area contributed by atoms with E-state index in [1.54, 1.807) is 0 Å². The van der Waals surface area contributed by atoms with Crippen LogP contribution in [0.5, 0.6) is 0 Å². The maximum absolute atomic E-state index is 2.50. The van der Waals surface area contributed by atoms with Crippen LogP contribution in [0, 0.1) is 0 Å². The van der Waals surface area contributed by atoms with Crippen LogP contribution in [0.1, 0.15) is 47.6 Å². The number of hydrogen-bond donors (Lipinski definition) is 0. The molecule has 0 saturated heterocycles. The van der Waals surface area contributed by atoms with E-state index in [0.29, 0.717) is 0 Å². The van der Waals surface area contributed by atoms with Crippen molar-refractivity contribution < 1.29 is 0 Å². The van der Waals surface area contributed by atoms with E-state index in [9.17, 15) is 0 Å². The van der Waals surface area contributed by atoms with Gasteiger partial charge in [0, 0.05) is 27.8 Å². The second-order valence-corrected chi connectivity index (χ2v) is 16.5. The summed E-state index contributed by atoms with van der Waals surface area (Å²) in [4.78, 5) is 0. The minimum atomic E-state index is -0.130. The summed E-state index contributed by atoms with van der Waals surface area (Å²) in [5.74, 6) is 0.139. The first-order valence-electron chi connectivity index (χ1n) is 20.1. The maximum atomic E-state index is 2.50. The Morgan fingerprint density at radius 3 is 2.04 bits per heavy atom. The number of nitrogens with zero attached hydrogens (tertiary/aromatic N) is 1. The average Bonchev–Trinajstić information content (AvgIpc) is 3.86. The van der Waals surface area contributed by atoms with Crippen LogP contribution in [-0.2, 0) is 5.41 Å². The molecule has 1 heterocycles. The van der Waals surface area contributed by atoms with Crippen molar-refractivity contribution >= 4 is 32.6 Å². The van der Waals surface area contributed by atoms with Gasteiger partial charge in [-0.15, -0.1) is 0 Å². The zero-order valence-corrected chi connectivity index (χ0v) is 32.0. The fourth-order valence-corrected chi connectivity index (χ4v) is 10.4. The van der Waals surface area contributed by atoms with Gasteiger partial charge in [0.05, 0.1) is 11.0 Å². The minimum Gasteiger partial charge on any atom is -0.309 e. The number of hydrogen-bond acceptors (Lipinski definition) is 0. The molecule has 0 N–H and O–H groups in total. The van der Waals surface area contributed by atoms with Gasteiger partial charge in [-0.05, 0) is 119 Å². The molecule has 1 unspecified atom stereocenters. The summed E-state index contributed by atoms with van der Waals surface area (Å²) in [6.45, 7) is 4.84. The smallest absolute Gasteiger partial charge is 0.0541 e. The molecule has 10 aromatic rings. The topological polar surface area (TPSA) is 4.93 Å². The van der Waals surface area contributed by atoms with E-state index in [1.807, 2.05) is 0 Å². The Morgan fingerprint density at radius 1 is 0.421 bits per heavy atom. The highest BCUT2D eigenvalue weighted by molar-refractivity contribution is 6.11. The molecule has 0 spiro atoms. The van der Waals surface area contributed by atoms with Crippen molar-refractivity contribution in [2.24, 2.45) is 0 Å². The summed E-state index contributed by atoms with van der Waals surface area (Å²) in [7, 11) is 0. The first-order valence-corrected chi connectivity index (χ1v) is 20.1. The molecule has 1 aromatic heterocycles. The Labute approximate surface area is 333 Å². The first-order chi connectivity index (χ1) is 28.0. The van der Waals surface area contributed by atoms with Crippen LogP contribution in [0.3, 0.4) is 0 Å². The van der Waals surface area contributed by atoms with Gasteiger partial charge < -0.3 is 4.57 Å². The summed E-state index contributed by atoms with van der Waals surface area (Å²) in [6, 6.07) is 72.5. The Kier molecular flexibility index (Phi) is 6.81. The van der Waals surface area contributed by atoms with Gasteiger partial charge >= 0.3 is 0 Å². The molecular weight excluding hydrogens is 687 g/mol. The van der Waals surface area contributed by atoms with Crippen LogP contribution in [0.15, 0.2) is 194 Å². The standard InChI is InChI=1S/C56H39N/c1-56(2)50-21-10-8-19-43(50)46-28-29-47-53(41-18-12-17-37(31-41)35-13-4-3-5-14-35)45-27-24-39(34-49(45)54(47)55(46)56)40-25-30-52-48(33-40)44-20-9-11-22-51(44)57(52)42-26-23-36-15-6-7-16-38(36)32-42/h3-34,53H,1-2H3. The largest absolute Gasteiger partial charge is 0.309 e. The van der Waals surface area contributed by atoms with E-state index in [4.69, 9.17) is 0 Å². The van der Waals surface area contributed by atoms with E-state index in [1.165, 1.54) is 111 Å². The number of rotatable bonds is 4. The summed E-state index contributed by atoms with van der Waals surface area (Å²) >= 11 is 0. The quantitative estimate of drug-likeness (QED) is 0.170. The van der Waals surface area contributed by atoms with Crippen LogP contribution in [0.25, 0.3) is 82.8 Å². The lowest BCUT2D eigenvalue weighted by Gasteiger charge is -2.25. The lowest BCUT2D eigenvalue weighted by atomic mass is 9.78. The molecule has 1 nitrogen and oxygen atoms in total. The van der Waals surface area contributed by atoms with Gasteiger partial charge in [0.2, 0.25) is 0 Å². The van der Waals surface area contributed by atoms with Crippen molar-refractivity contribution in [1.29, 1.82) is 0 Å². The lowest BCUT2D eigenvalue weighted by molar-refractivity contribution is 0.661. The molecule has 2 aliphatic rings. The molecule has 0 radical (unpaired) electrons.